The van der Waals surface area contributed by atoms with E-state index in [1.165, 1.54) is 39.9 Å². The van der Waals surface area contributed by atoms with Crippen molar-refractivity contribution in [2.24, 2.45) is 0 Å². The third kappa shape index (κ3) is 3.83. The van der Waals surface area contributed by atoms with E-state index in [9.17, 15) is 16.8 Å². The van der Waals surface area contributed by atoms with Crippen LogP contribution in [0.2, 0.25) is 0 Å². The van der Waals surface area contributed by atoms with Gasteiger partial charge in [-0.25, -0.2) is 16.8 Å². The minimum Gasteiger partial charge on any atom is -0.207 e. The zero-order valence-electron chi connectivity index (χ0n) is 14.6. The minimum absolute atomic E-state index is 0.0174. The molecule has 0 unspecified atom stereocenters. The molecule has 0 aliphatic carbocycles. The lowest BCUT2D eigenvalue weighted by Gasteiger charge is -2.19. The molecule has 26 heavy (non-hydrogen) atoms. The molecule has 0 atom stereocenters. The second-order valence-electron chi connectivity index (χ2n) is 6.33. The van der Waals surface area contributed by atoms with Crippen LogP contribution in [-0.2, 0) is 26.6 Å². The Hall–Kier alpha value is -1.74. The van der Waals surface area contributed by atoms with Gasteiger partial charge < -0.3 is 0 Å². The van der Waals surface area contributed by atoms with Crippen LogP contribution in [0, 0.1) is 0 Å². The summed E-state index contributed by atoms with van der Waals surface area (Å²) in [6, 6.07) is 14.9. The fourth-order valence-electron chi connectivity index (χ4n) is 2.98. The Kier molecular flexibility index (Phi) is 5.47. The predicted molar refractivity (Wildman–Crippen MR) is 99.5 cm³/mol. The standard InChI is InChI=1S/C18H22N2O4S2/c1-19(15-16-8-3-2-4-9-16)25(21,22)17-10-7-11-18(14-17)26(23,24)20-12-5-6-13-20/h2-4,7-11,14H,5-6,12-13,15H2,1H3. The molecule has 0 aromatic heterocycles. The number of hydrogen-bond acceptors (Lipinski definition) is 4. The van der Waals surface area contributed by atoms with Crippen LogP contribution in [0.5, 0.6) is 0 Å². The average molecular weight is 395 g/mol. The van der Waals surface area contributed by atoms with E-state index in [-0.39, 0.29) is 16.3 Å². The van der Waals surface area contributed by atoms with Crippen molar-refractivity contribution in [3.63, 3.8) is 0 Å². The van der Waals surface area contributed by atoms with Crippen molar-refractivity contribution in [1.29, 1.82) is 0 Å². The fraction of sp³-hybridized carbons (Fsp3) is 0.333. The van der Waals surface area contributed by atoms with Crippen molar-refractivity contribution >= 4 is 20.0 Å². The summed E-state index contributed by atoms with van der Waals surface area (Å²) >= 11 is 0. The van der Waals surface area contributed by atoms with Gasteiger partial charge in [0.1, 0.15) is 0 Å². The molecular formula is C18H22N2O4S2. The van der Waals surface area contributed by atoms with Crippen molar-refractivity contribution in [3.05, 3.63) is 60.2 Å². The Balaban J connectivity index is 1.89. The van der Waals surface area contributed by atoms with Gasteiger partial charge in [-0.05, 0) is 36.6 Å². The van der Waals surface area contributed by atoms with Gasteiger partial charge in [-0.15, -0.1) is 0 Å². The van der Waals surface area contributed by atoms with E-state index in [0.717, 1.165) is 18.4 Å². The van der Waals surface area contributed by atoms with Gasteiger partial charge in [0.15, 0.2) is 0 Å². The molecule has 2 aromatic rings. The molecule has 0 saturated carbocycles. The number of rotatable bonds is 6. The lowest BCUT2D eigenvalue weighted by atomic mass is 10.2. The van der Waals surface area contributed by atoms with Gasteiger partial charge in [0.25, 0.3) is 0 Å². The molecule has 1 fully saturated rings. The third-order valence-electron chi connectivity index (χ3n) is 4.46. The van der Waals surface area contributed by atoms with Crippen molar-refractivity contribution in [3.8, 4) is 0 Å². The van der Waals surface area contributed by atoms with Crippen LogP contribution < -0.4 is 0 Å². The molecule has 1 aliphatic heterocycles. The molecule has 1 saturated heterocycles. The van der Waals surface area contributed by atoms with Crippen LogP contribution in [0.1, 0.15) is 18.4 Å². The minimum atomic E-state index is -3.79. The smallest absolute Gasteiger partial charge is 0.207 e. The van der Waals surface area contributed by atoms with Crippen LogP contribution in [0.4, 0.5) is 0 Å². The van der Waals surface area contributed by atoms with Crippen molar-refractivity contribution in [2.45, 2.75) is 29.2 Å². The summed E-state index contributed by atoms with van der Waals surface area (Å²) in [6.45, 7) is 1.17. The first-order valence-electron chi connectivity index (χ1n) is 8.42. The SMILES string of the molecule is CN(Cc1ccccc1)S(=O)(=O)c1cccc(S(=O)(=O)N2CCCC2)c1. The van der Waals surface area contributed by atoms with E-state index in [1.54, 1.807) is 0 Å². The quantitative estimate of drug-likeness (QED) is 0.753. The van der Waals surface area contributed by atoms with Crippen molar-refractivity contribution in [2.75, 3.05) is 20.1 Å². The van der Waals surface area contributed by atoms with E-state index < -0.39 is 20.0 Å². The van der Waals surface area contributed by atoms with Crippen molar-refractivity contribution < 1.29 is 16.8 Å². The van der Waals surface area contributed by atoms with E-state index >= 15 is 0 Å². The van der Waals surface area contributed by atoms with Gasteiger partial charge in [0, 0.05) is 26.7 Å². The first-order valence-corrected chi connectivity index (χ1v) is 11.3. The maximum atomic E-state index is 12.9. The van der Waals surface area contributed by atoms with Gasteiger partial charge in [0.2, 0.25) is 20.0 Å². The highest BCUT2D eigenvalue weighted by atomic mass is 32.2. The Morgan fingerprint density at radius 3 is 2.15 bits per heavy atom. The molecular weight excluding hydrogens is 372 g/mol. The Bertz CT molecular complexity index is 967. The lowest BCUT2D eigenvalue weighted by Crippen LogP contribution is -2.29. The van der Waals surface area contributed by atoms with Gasteiger partial charge in [-0.2, -0.15) is 8.61 Å². The summed E-state index contributed by atoms with van der Waals surface area (Å²) in [5.74, 6) is 0. The summed E-state index contributed by atoms with van der Waals surface area (Å²) in [5.41, 5.74) is 0.861. The summed E-state index contributed by atoms with van der Waals surface area (Å²) in [4.78, 5) is 0.00443. The van der Waals surface area contributed by atoms with Crippen LogP contribution in [-0.4, -0.2) is 45.6 Å². The molecule has 0 amide bonds. The largest absolute Gasteiger partial charge is 0.243 e. The molecule has 140 valence electrons. The molecule has 0 bridgehead atoms. The molecule has 1 aliphatic rings. The highest BCUT2D eigenvalue weighted by Crippen LogP contribution is 2.24. The van der Waals surface area contributed by atoms with Crippen LogP contribution >= 0.6 is 0 Å². The normalized spacial score (nSPS) is 16.2. The monoisotopic (exact) mass is 394 g/mol. The summed E-state index contributed by atoms with van der Waals surface area (Å²) in [5, 5.41) is 0. The third-order valence-corrected chi connectivity index (χ3v) is 8.16. The topological polar surface area (TPSA) is 74.8 Å². The second kappa shape index (κ2) is 7.48. The lowest BCUT2D eigenvalue weighted by molar-refractivity contribution is 0.466. The molecule has 0 N–H and O–H groups in total. The Morgan fingerprint density at radius 2 is 1.50 bits per heavy atom. The predicted octanol–water partition coefficient (Wildman–Crippen LogP) is 2.29. The van der Waals surface area contributed by atoms with E-state index in [1.807, 2.05) is 30.3 Å². The van der Waals surface area contributed by atoms with E-state index in [0.29, 0.717) is 13.1 Å². The average Bonchev–Trinajstić information content (AvgIpc) is 3.18. The first-order chi connectivity index (χ1) is 12.3. The molecule has 6 nitrogen and oxygen atoms in total. The van der Waals surface area contributed by atoms with Crippen LogP contribution in [0.25, 0.3) is 0 Å². The van der Waals surface area contributed by atoms with Gasteiger partial charge >= 0.3 is 0 Å². The maximum absolute atomic E-state index is 12.9. The van der Waals surface area contributed by atoms with Gasteiger partial charge in [-0.3, -0.25) is 0 Å². The molecule has 0 spiro atoms. The summed E-state index contributed by atoms with van der Waals surface area (Å²) in [7, 11) is -5.96. The van der Waals surface area contributed by atoms with E-state index in [2.05, 4.69) is 0 Å². The first kappa shape index (κ1) is 19.0. The second-order valence-corrected chi connectivity index (χ2v) is 10.3. The van der Waals surface area contributed by atoms with Crippen molar-refractivity contribution in [1.82, 2.24) is 8.61 Å². The number of benzene rings is 2. The highest BCUT2D eigenvalue weighted by Gasteiger charge is 2.29. The fourth-order valence-corrected chi connectivity index (χ4v) is 5.82. The molecule has 1 heterocycles. The zero-order chi connectivity index (χ0) is 18.8. The molecule has 0 radical (unpaired) electrons. The molecule has 3 rings (SSSR count). The van der Waals surface area contributed by atoms with E-state index in [4.69, 9.17) is 0 Å². The molecule has 8 heteroatoms. The van der Waals surface area contributed by atoms with Crippen LogP contribution in [0.3, 0.4) is 0 Å². The number of nitrogens with zero attached hydrogens (tertiary/aromatic N) is 2. The Labute approximate surface area is 155 Å². The Morgan fingerprint density at radius 1 is 0.885 bits per heavy atom. The summed E-state index contributed by atoms with van der Waals surface area (Å²) in [6.07, 6.45) is 1.66. The number of sulfonamides is 2. The number of hydrogen-bond donors (Lipinski definition) is 0. The zero-order valence-corrected chi connectivity index (χ0v) is 16.2. The summed E-state index contributed by atoms with van der Waals surface area (Å²) < 4.78 is 53.7. The molecule has 2 aromatic carbocycles. The maximum Gasteiger partial charge on any atom is 0.243 e. The van der Waals surface area contributed by atoms with Gasteiger partial charge in [0.05, 0.1) is 9.79 Å². The highest BCUT2D eigenvalue weighted by molar-refractivity contribution is 7.90. The van der Waals surface area contributed by atoms with Gasteiger partial charge in [-0.1, -0.05) is 36.4 Å². The van der Waals surface area contributed by atoms with Crippen LogP contribution in [0.15, 0.2) is 64.4 Å².